The van der Waals surface area contributed by atoms with Gasteiger partial charge < -0.3 is 0 Å². The van der Waals surface area contributed by atoms with Crippen LogP contribution in [0.1, 0.15) is 105 Å². The van der Waals surface area contributed by atoms with Gasteiger partial charge in [0, 0.05) is 0 Å². The van der Waals surface area contributed by atoms with Gasteiger partial charge in [-0.15, -0.1) is 24.8 Å². The summed E-state index contributed by atoms with van der Waals surface area (Å²) in [6.45, 7) is 18.1. The fraction of sp³-hybridized carbons (Fsp3) is 0.359. The quantitative estimate of drug-likeness (QED) is 0.122. The van der Waals surface area contributed by atoms with E-state index in [1.54, 1.807) is 17.7 Å². The smallest absolute Gasteiger partial charge is 0.147 e. The molecule has 0 N–H and O–H groups in total. The number of unbranched alkanes of at least 4 members (excludes halogenated alkanes) is 2. The molecule has 0 spiro atoms. The molecule has 0 aliphatic heterocycles. The maximum atomic E-state index is 3.99. The van der Waals surface area contributed by atoms with Crippen LogP contribution in [0, 0.1) is 0 Å². The topological polar surface area (TPSA) is 0 Å². The average Bonchev–Trinajstić information content (AvgIpc) is 3.56. The molecule has 2 aliphatic rings. The molecule has 0 nitrogen and oxygen atoms in total. The van der Waals surface area contributed by atoms with Crippen molar-refractivity contribution in [2.45, 2.75) is 88.2 Å². The standard InChI is InChI=1S/C21H25.C13H16.C5H5.2ClH.Hf/c1-20(2,3)16-7-9-18-14(12-16)11-15-13-17(21(4,5)6)8-10-19(15)18;1-2-3-4-5-7-10-13-11-8-6-9-12-13;1-2-4-5-3-1;;;/h7-13H,1-6H3;2,6,8-9,11-12H,1,3-5,7H2;1-3H,4H2;2*1H;. The first-order valence-electron chi connectivity index (χ1n) is 15.1. The largest absolute Gasteiger partial charge is 0.147 e. The maximum Gasteiger partial charge on any atom is -0.147 e. The van der Waals surface area contributed by atoms with Crippen LogP contribution in [0.2, 0.25) is 0 Å². The Labute approximate surface area is 275 Å². The molecule has 0 radical (unpaired) electrons. The molecule has 42 heavy (non-hydrogen) atoms. The molecular formula is C39H48Cl2Hf. The van der Waals surface area contributed by atoms with Crippen molar-refractivity contribution in [1.82, 2.24) is 0 Å². The second kappa shape index (κ2) is 14.3. The summed E-state index contributed by atoms with van der Waals surface area (Å²) >= 11 is -2.73. The summed E-state index contributed by atoms with van der Waals surface area (Å²) in [5, 5.41) is 0. The van der Waals surface area contributed by atoms with E-state index in [0.717, 1.165) is 12.8 Å². The van der Waals surface area contributed by atoms with Crippen molar-refractivity contribution in [1.29, 1.82) is 0 Å². The fourth-order valence-electron chi connectivity index (χ4n) is 6.37. The Morgan fingerprint density at radius 2 is 1.38 bits per heavy atom. The number of hydrogen-bond acceptors (Lipinski definition) is 0. The zero-order valence-electron chi connectivity index (χ0n) is 26.3. The summed E-state index contributed by atoms with van der Waals surface area (Å²) in [5.74, 6) is 0. The zero-order valence-corrected chi connectivity index (χ0v) is 31.5. The molecule has 3 heteroatoms. The van der Waals surface area contributed by atoms with Gasteiger partial charge in [-0.05, 0) is 0 Å². The Balaban J connectivity index is 0.00000242. The third-order valence-electron chi connectivity index (χ3n) is 8.69. The SMILES string of the molecule is C=CCCCC/[C](c1ccccc1)=[Hf](/[C]1=CC=CC1)[CH]1c2cc(C(C)(C)C)ccc2-c2ccc(C(C)(C)C)cc21.Cl.Cl. The first-order valence-corrected chi connectivity index (χ1v) is 20.8. The summed E-state index contributed by atoms with van der Waals surface area (Å²) in [7, 11) is 0. The zero-order chi connectivity index (χ0) is 28.5. The average molecular weight is 766 g/mol. The Morgan fingerprint density at radius 3 is 1.86 bits per heavy atom. The van der Waals surface area contributed by atoms with Crippen LogP contribution < -0.4 is 0 Å². The Kier molecular flexibility index (Phi) is 11.8. The molecule has 3 aromatic rings. The fourth-order valence-corrected chi connectivity index (χ4v) is 19.8. The van der Waals surface area contributed by atoms with E-state index < -0.39 is 21.0 Å². The van der Waals surface area contributed by atoms with Crippen molar-refractivity contribution in [2.75, 3.05) is 0 Å². The van der Waals surface area contributed by atoms with Crippen LogP contribution in [0.5, 0.6) is 0 Å². The van der Waals surface area contributed by atoms with Gasteiger partial charge in [0.2, 0.25) is 0 Å². The second-order valence-electron chi connectivity index (χ2n) is 13.7. The third-order valence-corrected chi connectivity index (χ3v) is 21.1. The van der Waals surface area contributed by atoms with E-state index in [4.69, 9.17) is 0 Å². The molecule has 0 saturated carbocycles. The summed E-state index contributed by atoms with van der Waals surface area (Å²) in [5.41, 5.74) is 10.8. The van der Waals surface area contributed by atoms with Gasteiger partial charge in [-0.1, -0.05) is 0 Å². The molecule has 222 valence electrons. The van der Waals surface area contributed by atoms with Crippen molar-refractivity contribution in [2.24, 2.45) is 0 Å². The van der Waals surface area contributed by atoms with Gasteiger partial charge in [0.15, 0.2) is 0 Å². The number of hydrogen-bond donors (Lipinski definition) is 0. The maximum absolute atomic E-state index is 3.99. The van der Waals surface area contributed by atoms with Crippen LogP contribution in [-0.4, -0.2) is 3.26 Å². The molecule has 0 amide bonds. The van der Waals surface area contributed by atoms with Crippen LogP contribution in [0.25, 0.3) is 11.1 Å². The van der Waals surface area contributed by atoms with Gasteiger partial charge in [0.1, 0.15) is 0 Å². The van der Waals surface area contributed by atoms with Crippen LogP contribution in [0.4, 0.5) is 0 Å². The van der Waals surface area contributed by atoms with Crippen molar-refractivity contribution >= 4 is 28.1 Å². The number of halogens is 2. The summed E-state index contributed by atoms with van der Waals surface area (Å²) in [4.78, 5) is 0. The monoisotopic (exact) mass is 766 g/mol. The molecular weight excluding hydrogens is 718 g/mol. The number of rotatable bonds is 8. The van der Waals surface area contributed by atoms with Crippen LogP contribution in [0.3, 0.4) is 0 Å². The normalized spacial score (nSPS) is 14.8. The molecule has 0 unspecified atom stereocenters. The first kappa shape index (κ1) is 34.7. The molecule has 5 rings (SSSR count). The predicted octanol–water partition coefficient (Wildman–Crippen LogP) is 11.6. The number of benzene rings is 3. The molecule has 0 saturated heterocycles. The number of fused-ring (bicyclic) bond motifs is 3. The molecule has 2 aliphatic carbocycles. The Morgan fingerprint density at radius 1 is 0.810 bits per heavy atom. The minimum Gasteiger partial charge on any atom is -0.147 e. The molecule has 0 fully saturated rings. The van der Waals surface area contributed by atoms with Gasteiger partial charge in [0.25, 0.3) is 0 Å². The number of allylic oxidation sites excluding steroid dienone is 5. The van der Waals surface area contributed by atoms with E-state index in [9.17, 15) is 0 Å². The van der Waals surface area contributed by atoms with Gasteiger partial charge >= 0.3 is 252 Å². The van der Waals surface area contributed by atoms with Crippen LogP contribution >= 0.6 is 24.8 Å². The van der Waals surface area contributed by atoms with E-state index in [2.05, 4.69) is 139 Å². The molecule has 0 atom stereocenters. The Hall–Kier alpha value is -1.80. The van der Waals surface area contributed by atoms with E-state index in [-0.39, 0.29) is 35.6 Å². The van der Waals surface area contributed by atoms with E-state index in [0.29, 0.717) is 3.67 Å². The van der Waals surface area contributed by atoms with Crippen molar-refractivity contribution in [3.8, 4) is 11.1 Å². The molecule has 0 bridgehead atoms. The minimum absolute atomic E-state index is 0. The van der Waals surface area contributed by atoms with Gasteiger partial charge in [-0.3, -0.25) is 0 Å². The second-order valence-corrected chi connectivity index (χ2v) is 23.2. The Bertz CT molecular complexity index is 1430. The van der Waals surface area contributed by atoms with Crippen molar-refractivity contribution in [3.05, 3.63) is 129 Å². The van der Waals surface area contributed by atoms with Gasteiger partial charge in [-0.2, -0.15) is 0 Å². The minimum atomic E-state index is -2.73. The molecule has 0 heterocycles. The first-order chi connectivity index (χ1) is 19.1. The summed E-state index contributed by atoms with van der Waals surface area (Å²) in [6.07, 6.45) is 15.2. The van der Waals surface area contributed by atoms with Crippen molar-refractivity contribution < 1.29 is 21.0 Å². The van der Waals surface area contributed by atoms with E-state index in [1.807, 2.05) is 0 Å². The summed E-state index contributed by atoms with van der Waals surface area (Å²) < 4.78 is 4.08. The van der Waals surface area contributed by atoms with Crippen molar-refractivity contribution in [3.63, 3.8) is 0 Å². The predicted molar refractivity (Wildman–Crippen MR) is 187 cm³/mol. The van der Waals surface area contributed by atoms with Gasteiger partial charge in [0.05, 0.1) is 0 Å². The van der Waals surface area contributed by atoms with Crippen LogP contribution in [0.15, 0.2) is 101 Å². The van der Waals surface area contributed by atoms with E-state index in [1.165, 1.54) is 47.1 Å². The third kappa shape index (κ3) is 7.28. The summed E-state index contributed by atoms with van der Waals surface area (Å²) in [6, 6.07) is 26.3. The molecule has 3 aromatic carbocycles. The van der Waals surface area contributed by atoms with Crippen LogP contribution in [-0.2, 0) is 31.8 Å². The molecule has 0 aromatic heterocycles. The van der Waals surface area contributed by atoms with Gasteiger partial charge in [-0.25, -0.2) is 0 Å². The van der Waals surface area contributed by atoms with E-state index >= 15 is 0 Å².